The third-order valence-electron chi connectivity index (χ3n) is 5.96. The first-order chi connectivity index (χ1) is 17.1. The van der Waals surface area contributed by atoms with Crippen molar-refractivity contribution in [3.8, 4) is 0 Å². The Morgan fingerprint density at radius 3 is 2.19 bits per heavy atom. The Bertz CT molecular complexity index is 970. The molecular weight excluding hydrogens is 460 g/mol. The molecule has 3 rings (SSSR count). The van der Waals surface area contributed by atoms with Gasteiger partial charge in [-0.15, -0.1) is 0 Å². The lowest BCUT2D eigenvalue weighted by molar-refractivity contribution is -0.160. The van der Waals surface area contributed by atoms with Crippen molar-refractivity contribution in [1.82, 2.24) is 14.9 Å². The molecule has 0 aliphatic carbocycles. The summed E-state index contributed by atoms with van der Waals surface area (Å²) in [7, 11) is 0. The van der Waals surface area contributed by atoms with Gasteiger partial charge in [-0.05, 0) is 37.5 Å². The van der Waals surface area contributed by atoms with Crippen LogP contribution in [0.3, 0.4) is 0 Å². The van der Waals surface area contributed by atoms with Crippen LogP contribution in [-0.2, 0) is 20.8 Å². The molecule has 36 heavy (non-hydrogen) atoms. The molecule has 1 saturated heterocycles. The van der Waals surface area contributed by atoms with Crippen LogP contribution in [0.1, 0.15) is 43.5 Å². The summed E-state index contributed by atoms with van der Waals surface area (Å²) in [6.45, 7) is 10.4. The van der Waals surface area contributed by atoms with Gasteiger partial charge in [0.05, 0.1) is 19.2 Å². The van der Waals surface area contributed by atoms with Crippen LogP contribution in [0.15, 0.2) is 54.6 Å². The van der Waals surface area contributed by atoms with E-state index in [1.54, 1.807) is 0 Å². The summed E-state index contributed by atoms with van der Waals surface area (Å²) in [6, 6.07) is 17.5. The molecule has 9 heteroatoms. The maximum absolute atomic E-state index is 11.8. The number of esters is 1. The van der Waals surface area contributed by atoms with Gasteiger partial charge in [0.2, 0.25) is 0 Å². The number of amides is 2. The van der Waals surface area contributed by atoms with Crippen molar-refractivity contribution in [2.45, 2.75) is 39.0 Å². The maximum Gasteiger partial charge on any atom is 0.338 e. The standard InChI is InChI=1S/C27H38N4O5/c1-27(2,3)36-24(32)20-35-18-17-29-13-15-30(16-14-29)25(22-7-5-4-6-8-22)23-11-9-21(10-12-23)19-31(34)26(28)33/h4-12,25,34H,13-20H2,1-3H3,(H2,28,33)/t25-/m1/s1. The van der Waals surface area contributed by atoms with Crippen molar-refractivity contribution in [1.29, 1.82) is 0 Å². The van der Waals surface area contributed by atoms with E-state index in [2.05, 4.69) is 21.9 Å². The van der Waals surface area contributed by atoms with Gasteiger partial charge in [0.1, 0.15) is 12.2 Å². The van der Waals surface area contributed by atoms with E-state index in [9.17, 15) is 14.8 Å². The lowest BCUT2D eigenvalue weighted by Crippen LogP contribution is -2.48. The summed E-state index contributed by atoms with van der Waals surface area (Å²) in [5.41, 5.74) is 7.76. The van der Waals surface area contributed by atoms with Crippen LogP contribution in [-0.4, -0.2) is 83.6 Å². The van der Waals surface area contributed by atoms with Crippen molar-refractivity contribution in [3.05, 3.63) is 71.3 Å². The van der Waals surface area contributed by atoms with Gasteiger partial charge in [0.15, 0.2) is 0 Å². The number of carbonyl (C=O) groups excluding carboxylic acids is 2. The molecule has 1 atom stereocenters. The fraction of sp³-hybridized carbons (Fsp3) is 0.481. The van der Waals surface area contributed by atoms with Crippen molar-refractivity contribution in [2.24, 2.45) is 5.73 Å². The number of rotatable bonds is 10. The van der Waals surface area contributed by atoms with Gasteiger partial charge in [-0.1, -0.05) is 54.6 Å². The van der Waals surface area contributed by atoms with Crippen LogP contribution < -0.4 is 5.73 Å². The van der Waals surface area contributed by atoms with Crippen LogP contribution in [0.25, 0.3) is 0 Å². The number of nitrogens with two attached hydrogens (primary N) is 1. The van der Waals surface area contributed by atoms with E-state index in [-0.39, 0.29) is 25.2 Å². The molecule has 0 aromatic heterocycles. The first-order valence-electron chi connectivity index (χ1n) is 12.3. The minimum absolute atomic E-state index is 0.0310. The molecule has 1 aliphatic rings. The molecule has 2 amide bonds. The van der Waals surface area contributed by atoms with Crippen LogP contribution in [0.4, 0.5) is 4.79 Å². The molecule has 196 valence electrons. The second kappa shape index (κ2) is 12.8. The molecule has 1 heterocycles. The third kappa shape index (κ3) is 8.60. The molecule has 2 aromatic rings. The predicted octanol–water partition coefficient (Wildman–Crippen LogP) is 3.02. The Morgan fingerprint density at radius 2 is 1.61 bits per heavy atom. The quantitative estimate of drug-likeness (QED) is 0.224. The molecule has 0 unspecified atom stereocenters. The van der Waals surface area contributed by atoms with Crippen LogP contribution in [0.5, 0.6) is 0 Å². The zero-order valence-electron chi connectivity index (χ0n) is 21.4. The highest BCUT2D eigenvalue weighted by Crippen LogP contribution is 2.30. The van der Waals surface area contributed by atoms with Crippen molar-refractivity contribution < 1.29 is 24.3 Å². The second-order valence-electron chi connectivity index (χ2n) is 9.97. The number of urea groups is 1. The predicted molar refractivity (Wildman–Crippen MR) is 136 cm³/mol. The maximum atomic E-state index is 11.8. The molecule has 9 nitrogen and oxygen atoms in total. The van der Waals surface area contributed by atoms with Gasteiger partial charge in [0.25, 0.3) is 0 Å². The smallest absolute Gasteiger partial charge is 0.338 e. The Labute approximate surface area is 213 Å². The highest BCUT2D eigenvalue weighted by Gasteiger charge is 2.26. The van der Waals surface area contributed by atoms with E-state index in [0.717, 1.165) is 43.9 Å². The molecule has 1 fully saturated rings. The average Bonchev–Trinajstić information content (AvgIpc) is 2.83. The van der Waals surface area contributed by atoms with Crippen molar-refractivity contribution in [3.63, 3.8) is 0 Å². The van der Waals surface area contributed by atoms with E-state index >= 15 is 0 Å². The molecule has 3 N–H and O–H groups in total. The molecule has 0 bridgehead atoms. The molecular formula is C27H38N4O5. The number of benzene rings is 2. The van der Waals surface area contributed by atoms with Crippen LogP contribution >= 0.6 is 0 Å². The van der Waals surface area contributed by atoms with E-state index in [1.807, 2.05) is 63.2 Å². The second-order valence-corrected chi connectivity index (χ2v) is 9.97. The Kier molecular flexibility index (Phi) is 9.83. The van der Waals surface area contributed by atoms with E-state index in [1.165, 1.54) is 5.56 Å². The van der Waals surface area contributed by atoms with Gasteiger partial charge < -0.3 is 15.2 Å². The highest BCUT2D eigenvalue weighted by atomic mass is 16.6. The number of nitrogens with zero attached hydrogens (tertiary/aromatic N) is 3. The summed E-state index contributed by atoms with van der Waals surface area (Å²) in [5.74, 6) is -0.342. The fourth-order valence-electron chi connectivity index (χ4n) is 4.27. The summed E-state index contributed by atoms with van der Waals surface area (Å²) in [6.07, 6.45) is 0. The van der Waals surface area contributed by atoms with E-state index in [0.29, 0.717) is 11.7 Å². The third-order valence-corrected chi connectivity index (χ3v) is 5.96. The number of piperazine rings is 1. The van der Waals surface area contributed by atoms with Gasteiger partial charge in [0, 0.05) is 32.7 Å². The van der Waals surface area contributed by atoms with Crippen molar-refractivity contribution >= 4 is 12.0 Å². The molecule has 0 radical (unpaired) electrons. The molecule has 0 saturated carbocycles. The summed E-state index contributed by atoms with van der Waals surface area (Å²) < 4.78 is 10.8. The number of hydrogen-bond acceptors (Lipinski definition) is 7. The summed E-state index contributed by atoms with van der Waals surface area (Å²) >= 11 is 0. The topological polar surface area (TPSA) is 109 Å². The minimum Gasteiger partial charge on any atom is -0.458 e. The zero-order valence-corrected chi connectivity index (χ0v) is 21.4. The van der Waals surface area contributed by atoms with Gasteiger partial charge in [-0.3, -0.25) is 15.0 Å². The lowest BCUT2D eigenvalue weighted by atomic mass is 9.95. The molecule has 2 aromatic carbocycles. The van der Waals surface area contributed by atoms with Gasteiger partial charge in [-0.25, -0.2) is 14.7 Å². The number of carbonyl (C=O) groups is 2. The van der Waals surface area contributed by atoms with Crippen molar-refractivity contribution in [2.75, 3.05) is 45.9 Å². The summed E-state index contributed by atoms with van der Waals surface area (Å²) in [5, 5.41) is 10.1. The first kappa shape index (κ1) is 27.6. The molecule has 0 spiro atoms. The van der Waals surface area contributed by atoms with E-state index in [4.69, 9.17) is 15.2 Å². The summed E-state index contributed by atoms with van der Waals surface area (Å²) in [4.78, 5) is 27.7. The monoisotopic (exact) mass is 498 g/mol. The Balaban J connectivity index is 1.56. The Hall–Kier alpha value is -2.98. The normalized spacial score (nSPS) is 15.9. The van der Waals surface area contributed by atoms with Gasteiger partial charge >= 0.3 is 12.0 Å². The number of primary amides is 1. The number of ether oxygens (including phenoxy) is 2. The largest absolute Gasteiger partial charge is 0.458 e. The first-order valence-corrected chi connectivity index (χ1v) is 12.3. The Morgan fingerprint density at radius 1 is 1.00 bits per heavy atom. The number of hydrogen-bond donors (Lipinski definition) is 2. The molecule has 1 aliphatic heterocycles. The SMILES string of the molecule is CC(C)(C)OC(=O)COCCN1CCN([C@H](c2ccccc2)c2ccc(CN(O)C(N)=O)cc2)CC1. The minimum atomic E-state index is -0.880. The zero-order chi connectivity index (χ0) is 26.1. The lowest BCUT2D eigenvalue weighted by Gasteiger charge is -2.39. The van der Waals surface area contributed by atoms with E-state index < -0.39 is 11.6 Å². The average molecular weight is 499 g/mol. The van der Waals surface area contributed by atoms with Crippen LogP contribution in [0.2, 0.25) is 0 Å². The fourth-order valence-corrected chi connectivity index (χ4v) is 4.27. The van der Waals surface area contributed by atoms with Gasteiger partial charge in [-0.2, -0.15) is 0 Å². The highest BCUT2D eigenvalue weighted by molar-refractivity contribution is 5.71. The van der Waals surface area contributed by atoms with Crippen LogP contribution in [0, 0.1) is 0 Å². The number of hydroxylamine groups is 2.